The zero-order chi connectivity index (χ0) is 16.5. The first-order valence-corrected chi connectivity index (χ1v) is 9.15. The van der Waals surface area contributed by atoms with Gasteiger partial charge in [0, 0.05) is 17.0 Å². The van der Waals surface area contributed by atoms with Crippen molar-refractivity contribution in [1.29, 1.82) is 0 Å². The number of thioether (sulfide) groups is 1. The van der Waals surface area contributed by atoms with Crippen LogP contribution in [0.1, 0.15) is 13.8 Å². The Labute approximate surface area is 134 Å². The fraction of sp³-hybridized carbons (Fsp3) is 0.500. The Morgan fingerprint density at radius 2 is 1.95 bits per heavy atom. The smallest absolute Gasteiger partial charge is 0.323 e. The van der Waals surface area contributed by atoms with Crippen LogP contribution in [-0.4, -0.2) is 54.0 Å². The molecule has 1 N–H and O–H groups in total. The van der Waals surface area contributed by atoms with Crippen molar-refractivity contribution in [2.24, 2.45) is 0 Å². The van der Waals surface area contributed by atoms with Gasteiger partial charge in [0.25, 0.3) is 0 Å². The summed E-state index contributed by atoms with van der Waals surface area (Å²) < 4.78 is 31.0. The average molecular weight is 345 g/mol. The van der Waals surface area contributed by atoms with Gasteiger partial charge in [-0.3, -0.25) is 4.79 Å². The van der Waals surface area contributed by atoms with Crippen molar-refractivity contribution in [3.63, 3.8) is 0 Å². The quantitative estimate of drug-likeness (QED) is 0.893. The number of carboxylic acids is 1. The second kappa shape index (κ2) is 6.10. The van der Waals surface area contributed by atoms with Crippen molar-refractivity contribution in [1.82, 2.24) is 4.31 Å². The number of hydrogen-bond donors (Lipinski definition) is 1. The number of rotatable bonds is 4. The van der Waals surface area contributed by atoms with E-state index in [0.29, 0.717) is 11.5 Å². The summed E-state index contributed by atoms with van der Waals surface area (Å²) in [6.45, 7) is 3.69. The topological polar surface area (TPSA) is 83.9 Å². The molecular weight excluding hydrogens is 326 g/mol. The number of aliphatic carboxylic acids is 1. The lowest BCUT2D eigenvalue weighted by atomic mass is 10.0. The van der Waals surface area contributed by atoms with Crippen LogP contribution in [0.4, 0.5) is 0 Å². The molecule has 0 radical (unpaired) electrons. The predicted octanol–water partition coefficient (Wildman–Crippen LogP) is 1.66. The SMILES string of the molecule is COc1ccc(S(=O)(=O)N2CCSC(C)(C)C2C(=O)O)cc1. The molecule has 1 aliphatic heterocycles. The lowest BCUT2D eigenvalue weighted by Gasteiger charge is -2.42. The Bertz CT molecular complexity index is 654. The van der Waals surface area contributed by atoms with Crippen molar-refractivity contribution >= 4 is 27.8 Å². The Morgan fingerprint density at radius 1 is 1.36 bits per heavy atom. The molecule has 1 aromatic rings. The number of carboxylic acid groups (broad SMARTS) is 1. The zero-order valence-corrected chi connectivity index (χ0v) is 14.3. The van der Waals surface area contributed by atoms with Crippen LogP contribution in [0.3, 0.4) is 0 Å². The molecule has 122 valence electrons. The molecule has 0 saturated carbocycles. The van der Waals surface area contributed by atoms with Gasteiger partial charge in [-0.15, -0.1) is 0 Å². The van der Waals surface area contributed by atoms with Gasteiger partial charge in [0.2, 0.25) is 10.0 Å². The number of nitrogens with zero attached hydrogens (tertiary/aromatic N) is 1. The fourth-order valence-electron chi connectivity index (χ4n) is 2.52. The normalized spacial score (nSPS) is 22.2. The monoisotopic (exact) mass is 345 g/mol. The Balaban J connectivity index is 2.43. The Kier molecular flexibility index (Phi) is 4.74. The minimum atomic E-state index is -3.87. The third kappa shape index (κ3) is 3.09. The highest BCUT2D eigenvalue weighted by Gasteiger charge is 2.48. The van der Waals surface area contributed by atoms with Gasteiger partial charge in [0.15, 0.2) is 0 Å². The molecule has 0 aliphatic carbocycles. The number of ether oxygens (including phenoxy) is 1. The Morgan fingerprint density at radius 3 is 2.45 bits per heavy atom. The summed E-state index contributed by atoms with van der Waals surface area (Å²) in [7, 11) is -2.37. The summed E-state index contributed by atoms with van der Waals surface area (Å²) in [4.78, 5) is 11.7. The zero-order valence-electron chi connectivity index (χ0n) is 12.6. The van der Waals surface area contributed by atoms with E-state index < -0.39 is 26.8 Å². The van der Waals surface area contributed by atoms with E-state index in [1.807, 2.05) is 0 Å². The minimum Gasteiger partial charge on any atom is -0.497 e. The molecule has 6 nitrogen and oxygen atoms in total. The van der Waals surface area contributed by atoms with Crippen LogP contribution < -0.4 is 4.74 Å². The lowest BCUT2D eigenvalue weighted by Crippen LogP contribution is -2.58. The van der Waals surface area contributed by atoms with Crippen LogP contribution in [0.25, 0.3) is 0 Å². The molecule has 1 fully saturated rings. The van der Waals surface area contributed by atoms with Gasteiger partial charge in [-0.05, 0) is 38.1 Å². The summed E-state index contributed by atoms with van der Waals surface area (Å²) >= 11 is 1.47. The number of sulfonamides is 1. The molecule has 0 bridgehead atoms. The van der Waals surface area contributed by atoms with Crippen molar-refractivity contribution in [3.8, 4) is 5.75 Å². The molecule has 1 heterocycles. The van der Waals surface area contributed by atoms with Gasteiger partial charge < -0.3 is 9.84 Å². The second-order valence-electron chi connectivity index (χ2n) is 5.48. The highest BCUT2D eigenvalue weighted by molar-refractivity contribution is 8.00. The standard InChI is InChI=1S/C14H19NO5S2/c1-14(2)12(13(16)17)15(8-9-21-14)22(18,19)11-6-4-10(20-3)5-7-11/h4-7,12H,8-9H2,1-3H3,(H,16,17). The molecule has 1 saturated heterocycles. The molecule has 1 atom stereocenters. The van der Waals surface area contributed by atoms with Crippen LogP contribution in [-0.2, 0) is 14.8 Å². The van der Waals surface area contributed by atoms with E-state index in [1.54, 1.807) is 26.0 Å². The molecule has 1 aromatic carbocycles. The summed E-state index contributed by atoms with van der Waals surface area (Å²) in [5, 5.41) is 9.50. The molecule has 1 unspecified atom stereocenters. The fourth-order valence-corrected chi connectivity index (χ4v) is 5.61. The van der Waals surface area contributed by atoms with Gasteiger partial charge in [-0.1, -0.05) is 0 Å². The van der Waals surface area contributed by atoms with E-state index in [4.69, 9.17) is 4.74 Å². The number of benzene rings is 1. The van der Waals surface area contributed by atoms with Crippen molar-refractivity contribution in [3.05, 3.63) is 24.3 Å². The highest BCUT2D eigenvalue weighted by atomic mass is 32.2. The number of carbonyl (C=O) groups is 1. The minimum absolute atomic E-state index is 0.0715. The largest absolute Gasteiger partial charge is 0.497 e. The molecule has 0 spiro atoms. The second-order valence-corrected chi connectivity index (χ2v) is 9.12. The lowest BCUT2D eigenvalue weighted by molar-refractivity contribution is -0.142. The van der Waals surface area contributed by atoms with Crippen molar-refractivity contribution in [2.45, 2.75) is 29.5 Å². The van der Waals surface area contributed by atoms with E-state index in [9.17, 15) is 18.3 Å². The highest BCUT2D eigenvalue weighted by Crippen LogP contribution is 2.38. The Hall–Kier alpha value is -1.25. The first-order valence-electron chi connectivity index (χ1n) is 6.73. The molecule has 2 rings (SSSR count). The molecule has 0 aromatic heterocycles. The summed E-state index contributed by atoms with van der Waals surface area (Å²) in [6, 6.07) is 4.86. The van der Waals surface area contributed by atoms with E-state index in [0.717, 1.165) is 4.31 Å². The third-order valence-electron chi connectivity index (χ3n) is 3.63. The van der Waals surface area contributed by atoms with Gasteiger partial charge in [-0.2, -0.15) is 16.1 Å². The maximum atomic E-state index is 12.8. The summed E-state index contributed by atoms with van der Waals surface area (Å²) in [5.74, 6) is -0.0239. The van der Waals surface area contributed by atoms with Crippen LogP contribution in [0.5, 0.6) is 5.75 Å². The molecule has 1 aliphatic rings. The van der Waals surface area contributed by atoms with Crippen LogP contribution >= 0.6 is 11.8 Å². The van der Waals surface area contributed by atoms with Crippen molar-refractivity contribution in [2.75, 3.05) is 19.4 Å². The van der Waals surface area contributed by atoms with E-state index >= 15 is 0 Å². The first-order chi connectivity index (χ1) is 10.2. The van der Waals surface area contributed by atoms with Gasteiger partial charge in [0.1, 0.15) is 11.8 Å². The van der Waals surface area contributed by atoms with Gasteiger partial charge >= 0.3 is 5.97 Å². The van der Waals surface area contributed by atoms with Gasteiger partial charge in [0.05, 0.1) is 12.0 Å². The third-order valence-corrected chi connectivity index (χ3v) is 6.86. The van der Waals surface area contributed by atoms with Crippen LogP contribution in [0, 0.1) is 0 Å². The number of methoxy groups -OCH3 is 1. The van der Waals surface area contributed by atoms with E-state index in [2.05, 4.69) is 0 Å². The van der Waals surface area contributed by atoms with Crippen molar-refractivity contribution < 1.29 is 23.1 Å². The summed E-state index contributed by atoms with van der Waals surface area (Å²) in [6.07, 6.45) is 0. The first kappa shape index (κ1) is 17.1. The maximum absolute atomic E-state index is 12.8. The number of hydrogen-bond acceptors (Lipinski definition) is 5. The van der Waals surface area contributed by atoms with Gasteiger partial charge in [-0.25, -0.2) is 8.42 Å². The maximum Gasteiger partial charge on any atom is 0.323 e. The molecule has 22 heavy (non-hydrogen) atoms. The predicted molar refractivity (Wildman–Crippen MR) is 84.8 cm³/mol. The van der Waals surface area contributed by atoms with E-state index in [1.165, 1.54) is 31.0 Å². The summed E-state index contributed by atoms with van der Waals surface area (Å²) in [5.41, 5.74) is 0. The molecular formula is C14H19NO5S2. The van der Waals surface area contributed by atoms with Crippen LogP contribution in [0.2, 0.25) is 0 Å². The average Bonchev–Trinajstić information content (AvgIpc) is 2.45. The van der Waals surface area contributed by atoms with Crippen LogP contribution in [0.15, 0.2) is 29.2 Å². The molecule has 8 heteroatoms. The molecule has 0 amide bonds. The van der Waals surface area contributed by atoms with E-state index in [-0.39, 0.29) is 11.4 Å².